The van der Waals surface area contributed by atoms with E-state index in [4.69, 9.17) is 4.74 Å². The van der Waals surface area contributed by atoms with E-state index in [-0.39, 0.29) is 11.9 Å². The number of morpholine rings is 1. The van der Waals surface area contributed by atoms with Gasteiger partial charge in [0.05, 0.1) is 19.8 Å². The lowest BCUT2D eigenvalue weighted by atomic mass is 10.1. The van der Waals surface area contributed by atoms with Crippen LogP contribution in [0.2, 0.25) is 0 Å². The molecule has 148 valence electrons. The lowest BCUT2D eigenvalue weighted by Gasteiger charge is -2.25. The van der Waals surface area contributed by atoms with Gasteiger partial charge in [0.25, 0.3) is 0 Å². The monoisotopic (exact) mass is 382 g/mol. The lowest BCUT2D eigenvalue weighted by Crippen LogP contribution is -2.41. The highest BCUT2D eigenvalue weighted by molar-refractivity contribution is 5.93. The molecule has 3 N–H and O–H groups in total. The standard InChI is InChI=1S/C21H26N4O3/c1-16-2-4-17(5-3-16)14-22-21(27)24-19-8-6-18(7-9-19)23-20(26)15-25-10-12-28-13-11-25/h2-9H,10-15H2,1H3,(H,23,26)(H2,22,24,27). The molecule has 0 saturated carbocycles. The van der Waals surface area contributed by atoms with Gasteiger partial charge in [0.1, 0.15) is 0 Å². The maximum absolute atomic E-state index is 12.1. The Hall–Kier alpha value is -2.90. The molecular formula is C21H26N4O3. The van der Waals surface area contributed by atoms with Crippen LogP contribution in [0.15, 0.2) is 48.5 Å². The Bertz CT molecular complexity index is 784. The van der Waals surface area contributed by atoms with E-state index < -0.39 is 0 Å². The zero-order valence-electron chi connectivity index (χ0n) is 16.0. The van der Waals surface area contributed by atoms with Crippen LogP contribution in [-0.4, -0.2) is 49.7 Å². The third-order valence-corrected chi connectivity index (χ3v) is 4.47. The van der Waals surface area contributed by atoms with Gasteiger partial charge in [-0.15, -0.1) is 0 Å². The van der Waals surface area contributed by atoms with Crippen LogP contribution in [-0.2, 0) is 16.1 Å². The molecule has 1 fully saturated rings. The topological polar surface area (TPSA) is 82.7 Å². The van der Waals surface area contributed by atoms with Crippen molar-refractivity contribution in [3.8, 4) is 0 Å². The fourth-order valence-electron chi connectivity index (χ4n) is 2.86. The number of hydrogen-bond acceptors (Lipinski definition) is 4. The van der Waals surface area contributed by atoms with Crippen molar-refractivity contribution in [2.24, 2.45) is 0 Å². The molecule has 0 aromatic heterocycles. The zero-order chi connectivity index (χ0) is 19.8. The third kappa shape index (κ3) is 6.37. The van der Waals surface area contributed by atoms with Crippen LogP contribution >= 0.6 is 0 Å². The summed E-state index contributed by atoms with van der Waals surface area (Å²) in [7, 11) is 0. The number of ether oxygens (including phenoxy) is 1. The van der Waals surface area contributed by atoms with Gasteiger partial charge in [-0.05, 0) is 36.8 Å². The summed E-state index contributed by atoms with van der Waals surface area (Å²) in [6, 6.07) is 14.8. The second-order valence-electron chi connectivity index (χ2n) is 6.81. The molecule has 0 aliphatic carbocycles. The van der Waals surface area contributed by atoms with E-state index in [1.165, 1.54) is 5.56 Å². The minimum absolute atomic E-state index is 0.0570. The van der Waals surface area contributed by atoms with Gasteiger partial charge in [0, 0.05) is 31.0 Å². The van der Waals surface area contributed by atoms with Crippen molar-refractivity contribution in [1.29, 1.82) is 0 Å². The number of amides is 3. The molecule has 0 unspecified atom stereocenters. The molecule has 0 bridgehead atoms. The molecule has 1 saturated heterocycles. The minimum Gasteiger partial charge on any atom is -0.379 e. The second-order valence-corrected chi connectivity index (χ2v) is 6.81. The highest BCUT2D eigenvalue weighted by atomic mass is 16.5. The highest BCUT2D eigenvalue weighted by Gasteiger charge is 2.14. The lowest BCUT2D eigenvalue weighted by molar-refractivity contribution is -0.118. The van der Waals surface area contributed by atoms with E-state index in [2.05, 4.69) is 20.9 Å². The number of nitrogens with one attached hydrogen (secondary N) is 3. The highest BCUT2D eigenvalue weighted by Crippen LogP contribution is 2.14. The van der Waals surface area contributed by atoms with Crippen LogP contribution in [0.25, 0.3) is 0 Å². The van der Waals surface area contributed by atoms with Gasteiger partial charge in [-0.3, -0.25) is 9.69 Å². The van der Waals surface area contributed by atoms with Crippen molar-refractivity contribution in [1.82, 2.24) is 10.2 Å². The van der Waals surface area contributed by atoms with E-state index >= 15 is 0 Å². The number of carbonyl (C=O) groups is 2. The molecule has 0 spiro atoms. The van der Waals surface area contributed by atoms with Crippen LogP contribution in [0.3, 0.4) is 0 Å². The molecule has 1 aliphatic rings. The van der Waals surface area contributed by atoms with Crippen molar-refractivity contribution < 1.29 is 14.3 Å². The number of hydrogen-bond donors (Lipinski definition) is 3. The molecule has 7 heteroatoms. The molecule has 7 nitrogen and oxygen atoms in total. The minimum atomic E-state index is -0.273. The van der Waals surface area contributed by atoms with Gasteiger partial charge in [-0.25, -0.2) is 4.79 Å². The fourth-order valence-corrected chi connectivity index (χ4v) is 2.86. The van der Waals surface area contributed by atoms with Gasteiger partial charge >= 0.3 is 6.03 Å². The van der Waals surface area contributed by atoms with E-state index in [9.17, 15) is 9.59 Å². The Kier molecular flexibility index (Phi) is 7.00. The van der Waals surface area contributed by atoms with E-state index in [0.717, 1.165) is 18.7 Å². The molecule has 28 heavy (non-hydrogen) atoms. The fraction of sp³-hybridized carbons (Fsp3) is 0.333. The summed E-state index contributed by atoms with van der Waals surface area (Å²) in [5, 5.41) is 8.48. The van der Waals surface area contributed by atoms with Gasteiger partial charge < -0.3 is 20.7 Å². The van der Waals surface area contributed by atoms with Crippen LogP contribution in [0, 0.1) is 6.92 Å². The molecule has 1 aliphatic heterocycles. The largest absolute Gasteiger partial charge is 0.379 e. The molecule has 3 amide bonds. The van der Waals surface area contributed by atoms with E-state index in [0.29, 0.717) is 37.7 Å². The van der Waals surface area contributed by atoms with E-state index in [1.54, 1.807) is 24.3 Å². The first kappa shape index (κ1) is 19.9. The molecule has 2 aromatic carbocycles. The number of anilines is 2. The van der Waals surface area contributed by atoms with Crippen molar-refractivity contribution in [3.63, 3.8) is 0 Å². The van der Waals surface area contributed by atoms with Gasteiger partial charge in [0.2, 0.25) is 5.91 Å². The normalized spacial score (nSPS) is 14.3. The summed E-state index contributed by atoms with van der Waals surface area (Å²) in [4.78, 5) is 26.2. The van der Waals surface area contributed by atoms with Crippen molar-refractivity contribution in [3.05, 3.63) is 59.7 Å². The molecule has 1 heterocycles. The number of nitrogens with zero attached hydrogens (tertiary/aromatic N) is 1. The predicted octanol–water partition coefficient (Wildman–Crippen LogP) is 2.59. The Morgan fingerprint density at radius 2 is 1.54 bits per heavy atom. The average molecular weight is 382 g/mol. The molecular weight excluding hydrogens is 356 g/mol. The summed E-state index contributed by atoms with van der Waals surface area (Å²) in [6.45, 7) is 5.71. The maximum atomic E-state index is 12.1. The Morgan fingerprint density at radius 3 is 2.18 bits per heavy atom. The van der Waals surface area contributed by atoms with Crippen LogP contribution in [0.4, 0.5) is 16.2 Å². The first-order valence-electron chi connectivity index (χ1n) is 9.39. The Balaban J connectivity index is 1.42. The Labute approximate surface area is 165 Å². The summed E-state index contributed by atoms with van der Waals surface area (Å²) in [6.07, 6.45) is 0. The predicted molar refractivity (Wildman–Crippen MR) is 109 cm³/mol. The zero-order valence-corrected chi connectivity index (χ0v) is 16.0. The SMILES string of the molecule is Cc1ccc(CNC(=O)Nc2ccc(NC(=O)CN3CCOCC3)cc2)cc1. The summed E-state index contributed by atoms with van der Waals surface area (Å²) >= 11 is 0. The quantitative estimate of drug-likeness (QED) is 0.717. The van der Waals surface area contributed by atoms with Crippen LogP contribution in [0.5, 0.6) is 0 Å². The van der Waals surface area contributed by atoms with Crippen molar-refractivity contribution in [2.75, 3.05) is 43.5 Å². The maximum Gasteiger partial charge on any atom is 0.319 e. The summed E-state index contributed by atoms with van der Waals surface area (Å²) < 4.78 is 5.28. The smallest absolute Gasteiger partial charge is 0.319 e. The third-order valence-electron chi connectivity index (χ3n) is 4.47. The first-order valence-corrected chi connectivity index (χ1v) is 9.39. The summed E-state index contributed by atoms with van der Waals surface area (Å²) in [5.74, 6) is -0.0570. The number of aryl methyl sites for hydroxylation is 1. The van der Waals surface area contributed by atoms with Gasteiger partial charge in [-0.2, -0.15) is 0 Å². The number of benzene rings is 2. The average Bonchev–Trinajstić information content (AvgIpc) is 2.70. The van der Waals surface area contributed by atoms with Crippen LogP contribution in [0.1, 0.15) is 11.1 Å². The molecule has 3 rings (SSSR count). The Morgan fingerprint density at radius 1 is 0.929 bits per heavy atom. The molecule has 2 aromatic rings. The number of urea groups is 1. The second kappa shape index (κ2) is 9.87. The number of rotatable bonds is 6. The van der Waals surface area contributed by atoms with Gasteiger partial charge in [-0.1, -0.05) is 29.8 Å². The summed E-state index contributed by atoms with van der Waals surface area (Å²) in [5.41, 5.74) is 3.58. The number of carbonyl (C=O) groups excluding carboxylic acids is 2. The molecule has 0 atom stereocenters. The van der Waals surface area contributed by atoms with Crippen LogP contribution < -0.4 is 16.0 Å². The molecule has 0 radical (unpaired) electrons. The van der Waals surface area contributed by atoms with Gasteiger partial charge in [0.15, 0.2) is 0 Å². The first-order chi connectivity index (χ1) is 13.6. The van der Waals surface area contributed by atoms with Crippen molar-refractivity contribution >= 4 is 23.3 Å². The van der Waals surface area contributed by atoms with E-state index in [1.807, 2.05) is 31.2 Å². The van der Waals surface area contributed by atoms with Crippen molar-refractivity contribution in [2.45, 2.75) is 13.5 Å².